The summed E-state index contributed by atoms with van der Waals surface area (Å²) >= 11 is 0. The quantitative estimate of drug-likeness (QED) is 0.522. The number of phosphoric ester groups is 1. The molecule has 0 radical (unpaired) electrons. The van der Waals surface area contributed by atoms with E-state index in [1.54, 1.807) is 19.9 Å². The minimum absolute atomic E-state index is 0.00954. The van der Waals surface area contributed by atoms with Crippen LogP contribution in [0.2, 0.25) is 0 Å². The van der Waals surface area contributed by atoms with Crippen LogP contribution in [0.15, 0.2) is 30.3 Å². The summed E-state index contributed by atoms with van der Waals surface area (Å²) in [5.41, 5.74) is -0.0420. The summed E-state index contributed by atoms with van der Waals surface area (Å²) in [4.78, 5) is 0. The molecule has 1 aromatic rings. The molecule has 118 valence electrons. The molecular weight excluding hydrogens is 305 g/mol. The summed E-state index contributed by atoms with van der Waals surface area (Å²) in [6, 6.07) is 5.97. The fourth-order valence-electron chi connectivity index (χ4n) is 1.54. The molecule has 0 aliphatic carbocycles. The Kier molecular flexibility index (Phi) is 6.81. The number of methoxy groups -OCH3 is 1. The molecule has 0 saturated heterocycles. The van der Waals surface area contributed by atoms with E-state index in [-0.39, 0.29) is 24.5 Å². The molecule has 0 aliphatic heterocycles. The van der Waals surface area contributed by atoms with Gasteiger partial charge in [0.25, 0.3) is 0 Å². The Balaban J connectivity index is 3.20. The lowest BCUT2D eigenvalue weighted by Crippen LogP contribution is -2.02. The zero-order valence-corrected chi connectivity index (χ0v) is 12.9. The zero-order chi connectivity index (χ0) is 15.9. The molecule has 0 heterocycles. The van der Waals surface area contributed by atoms with Gasteiger partial charge in [0.05, 0.1) is 25.9 Å². The van der Waals surface area contributed by atoms with Gasteiger partial charge in [-0.05, 0) is 26.0 Å². The van der Waals surface area contributed by atoms with E-state index in [0.717, 1.165) is 0 Å². The molecule has 0 bridgehead atoms. The molecule has 0 N–H and O–H groups in total. The van der Waals surface area contributed by atoms with Gasteiger partial charge in [-0.25, -0.2) is 4.57 Å². The van der Waals surface area contributed by atoms with Crippen molar-refractivity contribution in [3.05, 3.63) is 35.9 Å². The molecule has 0 saturated carbocycles. The number of ether oxygens (including phenoxy) is 1. The monoisotopic (exact) mass is 322 g/mol. The number of rotatable bonds is 8. The molecule has 0 amide bonds. The maximum Gasteiger partial charge on any atom is 0.530 e. The van der Waals surface area contributed by atoms with Crippen LogP contribution in [0.25, 0.3) is 5.76 Å². The first-order chi connectivity index (χ1) is 9.97. The number of benzene rings is 1. The Morgan fingerprint density at radius 2 is 1.71 bits per heavy atom. The molecule has 0 aliphatic rings. The third-order valence-corrected chi connectivity index (χ3v) is 3.86. The van der Waals surface area contributed by atoms with Crippen molar-refractivity contribution >= 4 is 13.6 Å². The van der Waals surface area contributed by atoms with Crippen molar-refractivity contribution in [2.75, 3.05) is 20.3 Å². The zero-order valence-electron chi connectivity index (χ0n) is 12.0. The van der Waals surface area contributed by atoms with Crippen molar-refractivity contribution in [3.63, 3.8) is 0 Å². The van der Waals surface area contributed by atoms with Gasteiger partial charge in [0, 0.05) is 0 Å². The highest BCUT2D eigenvalue weighted by Crippen LogP contribution is 2.54. The summed E-state index contributed by atoms with van der Waals surface area (Å²) in [5.74, 6) is -0.738. The second kappa shape index (κ2) is 8.12. The van der Waals surface area contributed by atoms with Crippen molar-refractivity contribution in [1.82, 2.24) is 0 Å². The van der Waals surface area contributed by atoms with Crippen molar-refractivity contribution in [3.8, 4) is 5.75 Å². The van der Waals surface area contributed by atoms with E-state index in [9.17, 15) is 13.3 Å². The van der Waals surface area contributed by atoms with Crippen molar-refractivity contribution in [2.45, 2.75) is 13.8 Å². The molecular formula is C13H17F2O5P. The number of para-hydroxylation sites is 1. The van der Waals surface area contributed by atoms with Gasteiger partial charge < -0.3 is 9.26 Å². The van der Waals surface area contributed by atoms with Gasteiger partial charge in [0.15, 0.2) is 0 Å². The van der Waals surface area contributed by atoms with E-state index in [1.807, 2.05) is 0 Å². The second-order valence-electron chi connectivity index (χ2n) is 3.66. The van der Waals surface area contributed by atoms with Crippen molar-refractivity contribution in [1.29, 1.82) is 0 Å². The predicted octanol–water partition coefficient (Wildman–Crippen LogP) is 4.46. The Morgan fingerprint density at radius 3 is 2.19 bits per heavy atom. The third-order valence-electron chi connectivity index (χ3n) is 2.30. The standard InChI is InChI=1S/C13H17F2O5P/c1-4-18-21(16,19-5-2)20-12(13(14)15)10-8-6-7-9-11(10)17-3/h6-9H,4-5H2,1-3H3. The first-order valence-corrected chi connectivity index (χ1v) is 7.70. The highest BCUT2D eigenvalue weighted by atomic mass is 31.2. The van der Waals surface area contributed by atoms with Crippen LogP contribution in [-0.2, 0) is 18.1 Å². The molecule has 5 nitrogen and oxygen atoms in total. The van der Waals surface area contributed by atoms with Crippen LogP contribution in [0.3, 0.4) is 0 Å². The molecule has 0 atom stereocenters. The largest absolute Gasteiger partial charge is 0.530 e. The normalized spacial score (nSPS) is 11.1. The van der Waals surface area contributed by atoms with Crippen LogP contribution in [0.5, 0.6) is 5.75 Å². The molecule has 8 heteroatoms. The Labute approximate surface area is 122 Å². The molecule has 1 rings (SSSR count). The fraction of sp³-hybridized carbons (Fsp3) is 0.385. The summed E-state index contributed by atoms with van der Waals surface area (Å²) in [6.45, 7) is 3.08. The highest BCUT2D eigenvalue weighted by Gasteiger charge is 2.32. The minimum Gasteiger partial charge on any atom is -0.496 e. The van der Waals surface area contributed by atoms with Crippen LogP contribution in [0.4, 0.5) is 8.78 Å². The van der Waals surface area contributed by atoms with Gasteiger partial charge in [-0.3, -0.25) is 9.05 Å². The Bertz CT molecular complexity index is 533. The first kappa shape index (κ1) is 17.6. The number of phosphoric acid groups is 1. The fourth-order valence-corrected chi connectivity index (χ4v) is 2.74. The summed E-state index contributed by atoms with van der Waals surface area (Å²) in [6.07, 6.45) is -2.15. The van der Waals surface area contributed by atoms with Gasteiger partial charge in [-0.2, -0.15) is 8.78 Å². The average molecular weight is 322 g/mol. The van der Waals surface area contributed by atoms with Gasteiger partial charge >= 0.3 is 13.9 Å². The number of hydrogen-bond donors (Lipinski definition) is 0. The SMILES string of the molecule is CCOP(=O)(OCC)OC(=C(F)F)c1ccccc1OC. The van der Waals surface area contributed by atoms with Crippen LogP contribution in [-0.4, -0.2) is 20.3 Å². The first-order valence-electron chi connectivity index (χ1n) is 6.24. The van der Waals surface area contributed by atoms with Gasteiger partial charge in [0.2, 0.25) is 5.76 Å². The Hall–Kier alpha value is -1.43. The predicted molar refractivity (Wildman–Crippen MR) is 74.1 cm³/mol. The van der Waals surface area contributed by atoms with E-state index in [2.05, 4.69) is 0 Å². The minimum atomic E-state index is -4.12. The van der Waals surface area contributed by atoms with Crippen LogP contribution < -0.4 is 4.74 Å². The van der Waals surface area contributed by atoms with Crippen LogP contribution >= 0.6 is 7.82 Å². The maximum atomic E-state index is 13.2. The van der Waals surface area contributed by atoms with E-state index in [0.29, 0.717) is 0 Å². The van der Waals surface area contributed by atoms with Gasteiger partial charge in [0.1, 0.15) is 5.75 Å². The smallest absolute Gasteiger partial charge is 0.496 e. The molecule has 0 fully saturated rings. The average Bonchev–Trinajstić information content (AvgIpc) is 2.45. The lowest BCUT2D eigenvalue weighted by atomic mass is 10.2. The lowest BCUT2D eigenvalue weighted by molar-refractivity contribution is 0.156. The van der Waals surface area contributed by atoms with Crippen LogP contribution in [0.1, 0.15) is 19.4 Å². The topological polar surface area (TPSA) is 54.0 Å². The molecule has 0 aromatic heterocycles. The van der Waals surface area contributed by atoms with E-state index in [4.69, 9.17) is 18.3 Å². The second-order valence-corrected chi connectivity index (χ2v) is 5.26. The van der Waals surface area contributed by atoms with E-state index >= 15 is 0 Å². The van der Waals surface area contributed by atoms with Crippen LogP contribution in [0, 0.1) is 0 Å². The van der Waals surface area contributed by atoms with Crippen molar-refractivity contribution in [2.24, 2.45) is 0 Å². The van der Waals surface area contributed by atoms with Gasteiger partial charge in [-0.1, -0.05) is 12.1 Å². The van der Waals surface area contributed by atoms with E-state index < -0.39 is 19.7 Å². The number of hydrogen-bond acceptors (Lipinski definition) is 5. The van der Waals surface area contributed by atoms with E-state index in [1.165, 1.54) is 25.3 Å². The summed E-state index contributed by atoms with van der Waals surface area (Å²) < 4.78 is 58.1. The molecule has 21 heavy (non-hydrogen) atoms. The van der Waals surface area contributed by atoms with Crippen molar-refractivity contribution < 1.29 is 31.7 Å². The molecule has 0 spiro atoms. The maximum absolute atomic E-state index is 13.2. The Morgan fingerprint density at radius 1 is 1.14 bits per heavy atom. The highest BCUT2D eigenvalue weighted by molar-refractivity contribution is 7.48. The third kappa shape index (κ3) is 4.81. The summed E-state index contributed by atoms with van der Waals surface area (Å²) in [5, 5.41) is 0. The molecule has 0 unspecified atom stereocenters. The lowest BCUT2D eigenvalue weighted by Gasteiger charge is -2.19. The van der Waals surface area contributed by atoms with Gasteiger partial charge in [-0.15, -0.1) is 0 Å². The molecule has 1 aromatic carbocycles. The summed E-state index contributed by atoms with van der Waals surface area (Å²) in [7, 11) is -2.79. The number of halogens is 2.